The molecule has 48 heavy (non-hydrogen) atoms. The van der Waals surface area contributed by atoms with Crippen molar-refractivity contribution in [2.75, 3.05) is 30.3 Å². The minimum absolute atomic E-state index is 0.0882. The number of likely N-dealkylation sites (N-methyl/N-ethyl adjacent to an activating group) is 1. The van der Waals surface area contributed by atoms with E-state index in [-0.39, 0.29) is 11.8 Å². The summed E-state index contributed by atoms with van der Waals surface area (Å²) in [6, 6.07) is 21.0. The van der Waals surface area contributed by atoms with E-state index in [1.807, 2.05) is 37.5 Å². The van der Waals surface area contributed by atoms with E-state index in [4.69, 9.17) is 29.2 Å². The first kappa shape index (κ1) is 32.5. The molecule has 3 fully saturated rings. The number of hydrogen-bond acceptors (Lipinski definition) is 9. The molecule has 2 saturated heterocycles. The van der Waals surface area contributed by atoms with Gasteiger partial charge in [-0.05, 0) is 44.2 Å². The minimum Gasteiger partial charge on any atom is -0.367 e. The van der Waals surface area contributed by atoms with E-state index in [9.17, 15) is 4.79 Å². The largest absolute Gasteiger partial charge is 0.367 e. The number of rotatable bonds is 12. The van der Waals surface area contributed by atoms with Crippen molar-refractivity contribution in [3.05, 3.63) is 78.1 Å². The van der Waals surface area contributed by atoms with Crippen LogP contribution in [0.1, 0.15) is 82.6 Å². The summed E-state index contributed by atoms with van der Waals surface area (Å²) in [5, 5.41) is 10.0. The predicted octanol–water partition coefficient (Wildman–Crippen LogP) is 6.01. The lowest BCUT2D eigenvalue weighted by Crippen LogP contribution is -2.42. The van der Waals surface area contributed by atoms with Crippen molar-refractivity contribution in [3.63, 3.8) is 0 Å². The molecule has 3 aliphatic rings. The first-order chi connectivity index (χ1) is 23.4. The molecule has 4 aromatic rings. The van der Waals surface area contributed by atoms with Gasteiger partial charge in [0.25, 0.3) is 5.91 Å². The summed E-state index contributed by atoms with van der Waals surface area (Å²) in [7, 11) is 0. The zero-order chi connectivity index (χ0) is 33.1. The maximum absolute atomic E-state index is 13.1. The lowest BCUT2D eigenvalue weighted by molar-refractivity contribution is -0.197. The Kier molecular flexibility index (Phi) is 9.61. The maximum atomic E-state index is 13.1. The van der Waals surface area contributed by atoms with Crippen molar-refractivity contribution in [1.82, 2.24) is 24.8 Å². The molecule has 11 heteroatoms. The van der Waals surface area contributed by atoms with Gasteiger partial charge in [-0.1, -0.05) is 92.8 Å². The molecule has 11 nitrogen and oxygen atoms in total. The van der Waals surface area contributed by atoms with Crippen LogP contribution in [0.3, 0.4) is 0 Å². The van der Waals surface area contributed by atoms with E-state index >= 15 is 0 Å². The Balaban J connectivity index is 1.21. The van der Waals surface area contributed by atoms with E-state index in [2.05, 4.69) is 64.5 Å². The third-order valence-corrected chi connectivity index (χ3v) is 9.77. The number of fused-ring (bicyclic) bond motifs is 2. The molecule has 2 aromatic heterocycles. The topological polar surface area (TPSA) is 124 Å². The fraction of sp³-hybridized carbons (Fsp3) is 0.514. The summed E-state index contributed by atoms with van der Waals surface area (Å²) < 4.78 is 20.8. The number of carbonyl (C=O) groups excluding carboxylic acids is 1. The Morgan fingerprint density at radius 2 is 1.62 bits per heavy atom. The fourth-order valence-corrected chi connectivity index (χ4v) is 7.45. The molecule has 2 aromatic carbocycles. The smallest absolute Gasteiger partial charge is 0.252 e. The second kappa shape index (κ2) is 14.2. The number of hydrogen-bond donors (Lipinski definition) is 3. The highest BCUT2D eigenvalue weighted by Crippen LogP contribution is 2.44. The first-order valence-corrected chi connectivity index (χ1v) is 17.5. The minimum atomic E-state index is -0.865. The number of nitrogens with one attached hydrogen (secondary N) is 3. The highest BCUT2D eigenvalue weighted by atomic mass is 16.8. The van der Waals surface area contributed by atoms with Gasteiger partial charge in [-0.2, -0.15) is 9.97 Å². The van der Waals surface area contributed by atoms with Gasteiger partial charge in [0.1, 0.15) is 12.2 Å². The standard InChI is InChI=1S/C37H47N7O4/c1-4-38-34(45)30-29-31(48-37(2,3)47-29)35(46-30)44-23-41-28-32(42-36(43-33(28)44)39-21-20-24-14-8-5-9-15-24)40-22-27(25-16-10-6-11-17-25)26-18-12-7-13-19-26/h6-7,10-13,16-19,23-24,27,29-31,35H,4-5,8-9,14-15,20-22H2,1-3H3,(H,38,45)(H2,39,40,42,43)/t29-,30+,31-,35-/m1/s1. The summed E-state index contributed by atoms with van der Waals surface area (Å²) in [6.45, 7) is 7.48. The van der Waals surface area contributed by atoms with Gasteiger partial charge in [0, 0.05) is 25.6 Å². The van der Waals surface area contributed by atoms with E-state index in [0.717, 1.165) is 18.9 Å². The van der Waals surface area contributed by atoms with E-state index in [1.54, 1.807) is 6.33 Å². The van der Waals surface area contributed by atoms with Crippen LogP contribution in [0.25, 0.3) is 11.2 Å². The Labute approximate surface area is 282 Å². The number of aromatic nitrogens is 4. The first-order valence-electron chi connectivity index (χ1n) is 17.5. The molecule has 3 N–H and O–H groups in total. The summed E-state index contributed by atoms with van der Waals surface area (Å²) in [5.41, 5.74) is 3.63. The summed E-state index contributed by atoms with van der Waals surface area (Å²) >= 11 is 0. The molecule has 2 aliphatic heterocycles. The second-order valence-electron chi connectivity index (χ2n) is 13.6. The van der Waals surface area contributed by atoms with Crippen molar-refractivity contribution in [2.45, 2.75) is 95.5 Å². The molecule has 1 aliphatic carbocycles. The number of benzene rings is 2. The Morgan fingerprint density at radius 3 is 2.31 bits per heavy atom. The number of nitrogens with zero attached hydrogens (tertiary/aromatic N) is 4. The van der Waals surface area contributed by atoms with Gasteiger partial charge in [-0.3, -0.25) is 9.36 Å². The van der Waals surface area contributed by atoms with Crippen LogP contribution in [0.2, 0.25) is 0 Å². The lowest BCUT2D eigenvalue weighted by atomic mass is 9.87. The molecule has 254 valence electrons. The van der Waals surface area contributed by atoms with Crippen molar-refractivity contribution in [1.29, 1.82) is 0 Å². The fourth-order valence-electron chi connectivity index (χ4n) is 7.45. The van der Waals surface area contributed by atoms with Gasteiger partial charge in [-0.25, -0.2) is 4.98 Å². The van der Waals surface area contributed by atoms with Gasteiger partial charge >= 0.3 is 0 Å². The van der Waals surface area contributed by atoms with Gasteiger partial charge < -0.3 is 30.2 Å². The predicted molar refractivity (Wildman–Crippen MR) is 185 cm³/mol. The van der Waals surface area contributed by atoms with Gasteiger partial charge in [-0.15, -0.1) is 0 Å². The Hall–Kier alpha value is -4.06. The van der Waals surface area contributed by atoms with Gasteiger partial charge in [0.2, 0.25) is 5.95 Å². The third-order valence-electron chi connectivity index (χ3n) is 9.77. The number of carbonyl (C=O) groups is 1. The lowest BCUT2D eigenvalue weighted by Gasteiger charge is -2.24. The summed E-state index contributed by atoms with van der Waals surface area (Å²) in [5.74, 6) is 0.886. The van der Waals surface area contributed by atoms with Gasteiger partial charge in [0.05, 0.1) is 6.33 Å². The molecule has 0 unspecified atom stereocenters. The average Bonchev–Trinajstić information content (AvgIpc) is 3.77. The van der Waals surface area contributed by atoms with Crippen molar-refractivity contribution in [3.8, 4) is 0 Å². The highest BCUT2D eigenvalue weighted by molar-refractivity contribution is 5.85. The van der Waals surface area contributed by atoms with Crippen molar-refractivity contribution in [2.24, 2.45) is 5.92 Å². The molecular formula is C37H47N7O4. The molecule has 1 saturated carbocycles. The number of imidazole rings is 1. The zero-order valence-corrected chi connectivity index (χ0v) is 28.1. The maximum Gasteiger partial charge on any atom is 0.252 e. The van der Waals surface area contributed by atoms with Crippen LogP contribution < -0.4 is 16.0 Å². The SMILES string of the molecule is CCNC(=O)[C@H]1O[C@@H](n2cnc3c(NCC(c4ccccc4)c4ccccc4)nc(NCCC4CCCCC4)nc32)[C@@H]2OC(C)(C)O[C@@H]21. The van der Waals surface area contributed by atoms with Gasteiger partial charge in [0.15, 0.2) is 35.1 Å². The van der Waals surface area contributed by atoms with E-state index in [1.165, 1.54) is 43.2 Å². The van der Waals surface area contributed by atoms with E-state index in [0.29, 0.717) is 36.0 Å². The zero-order valence-electron chi connectivity index (χ0n) is 28.1. The monoisotopic (exact) mass is 653 g/mol. The van der Waals surface area contributed by atoms with Crippen LogP contribution in [0.15, 0.2) is 67.0 Å². The molecule has 1 amide bonds. The Morgan fingerprint density at radius 1 is 0.938 bits per heavy atom. The second-order valence-corrected chi connectivity index (χ2v) is 13.6. The Bertz CT molecular complexity index is 1640. The summed E-state index contributed by atoms with van der Waals surface area (Å²) in [6.07, 6.45) is 6.73. The van der Waals surface area contributed by atoms with E-state index < -0.39 is 30.3 Å². The molecule has 0 bridgehead atoms. The van der Waals surface area contributed by atoms with Crippen LogP contribution in [0.4, 0.5) is 11.8 Å². The van der Waals surface area contributed by atoms with Crippen LogP contribution in [-0.4, -0.2) is 69.2 Å². The normalized spacial score (nSPS) is 23.8. The molecule has 4 atom stereocenters. The molecular weight excluding hydrogens is 606 g/mol. The average molecular weight is 654 g/mol. The van der Waals surface area contributed by atoms with Crippen LogP contribution in [0.5, 0.6) is 0 Å². The van der Waals surface area contributed by atoms with Crippen LogP contribution in [-0.2, 0) is 19.0 Å². The highest BCUT2D eigenvalue weighted by Gasteiger charge is 2.58. The van der Waals surface area contributed by atoms with Crippen molar-refractivity contribution < 1.29 is 19.0 Å². The molecule has 7 rings (SSSR count). The number of amides is 1. The van der Waals surface area contributed by atoms with Crippen molar-refractivity contribution >= 4 is 28.8 Å². The number of anilines is 2. The molecule has 4 heterocycles. The molecule has 0 spiro atoms. The van der Waals surface area contributed by atoms with Crippen LogP contribution in [0, 0.1) is 5.92 Å². The number of ether oxygens (including phenoxy) is 3. The summed E-state index contributed by atoms with van der Waals surface area (Å²) in [4.78, 5) is 27.8. The molecule has 0 radical (unpaired) electrons. The van der Waals surface area contributed by atoms with Crippen LogP contribution >= 0.6 is 0 Å². The third kappa shape index (κ3) is 6.90. The quantitative estimate of drug-likeness (QED) is 0.169.